The smallest absolute Gasteiger partial charge is 0.270 e. The third-order valence-corrected chi connectivity index (χ3v) is 6.18. The third-order valence-electron chi connectivity index (χ3n) is 3.28. The number of nitrogens with one attached hydrogen (secondary N) is 2. The number of nitrogens with zero attached hydrogens (tertiary/aromatic N) is 2. The van der Waals surface area contributed by atoms with Crippen LogP contribution in [0.3, 0.4) is 0 Å². The number of sulfonamides is 1. The largest absolute Gasteiger partial charge is 0.296 e. The topological polar surface area (TPSA) is 101 Å². The molecule has 0 unspecified atom stereocenters. The Labute approximate surface area is 158 Å². The number of carbonyl (C=O) groups excluding carboxylic acids is 1. The van der Waals surface area contributed by atoms with E-state index in [2.05, 4.69) is 20.2 Å². The van der Waals surface area contributed by atoms with E-state index in [0.717, 1.165) is 11.3 Å². The van der Waals surface area contributed by atoms with Crippen LogP contribution in [0.5, 0.6) is 0 Å². The van der Waals surface area contributed by atoms with Crippen molar-refractivity contribution < 1.29 is 13.2 Å². The summed E-state index contributed by atoms with van der Waals surface area (Å²) in [5, 5.41) is 10.2. The quantitative estimate of drug-likeness (QED) is 0.730. The number of rotatable bonds is 6. The lowest BCUT2D eigenvalue weighted by molar-refractivity contribution is 0.102. The fourth-order valence-electron chi connectivity index (χ4n) is 2.90. The van der Waals surface area contributed by atoms with Crippen LogP contribution in [0, 0.1) is 5.41 Å². The molecule has 0 aliphatic heterocycles. The van der Waals surface area contributed by atoms with Crippen molar-refractivity contribution in [1.29, 1.82) is 0 Å². The average Bonchev–Trinajstić information content (AvgIpc) is 2.93. The van der Waals surface area contributed by atoms with Crippen LogP contribution in [0.25, 0.3) is 0 Å². The monoisotopic (exact) mass is 396 g/mol. The van der Waals surface area contributed by atoms with Gasteiger partial charge in [-0.3, -0.25) is 10.1 Å². The first-order chi connectivity index (χ1) is 11.9. The number of amides is 1. The van der Waals surface area contributed by atoms with Gasteiger partial charge in [0.15, 0.2) is 0 Å². The molecule has 1 aromatic carbocycles. The Bertz CT molecular complexity index is 869. The van der Waals surface area contributed by atoms with Crippen molar-refractivity contribution in [3.63, 3.8) is 0 Å². The van der Waals surface area contributed by atoms with Crippen LogP contribution < -0.4 is 10.0 Å². The predicted molar refractivity (Wildman–Crippen MR) is 103 cm³/mol. The van der Waals surface area contributed by atoms with Gasteiger partial charge in [-0.05, 0) is 37.8 Å². The first-order valence-corrected chi connectivity index (χ1v) is 10.4. The van der Waals surface area contributed by atoms with E-state index < -0.39 is 15.6 Å². The first-order valence-electron chi connectivity index (χ1n) is 8.12. The summed E-state index contributed by atoms with van der Waals surface area (Å²) in [6.45, 7) is 9.80. The molecule has 2 aromatic rings. The van der Waals surface area contributed by atoms with Crippen molar-refractivity contribution in [2.45, 2.75) is 50.9 Å². The van der Waals surface area contributed by atoms with Gasteiger partial charge >= 0.3 is 0 Å². The van der Waals surface area contributed by atoms with Crippen LogP contribution in [-0.2, 0) is 10.0 Å². The van der Waals surface area contributed by atoms with Crippen molar-refractivity contribution in [2.24, 2.45) is 5.41 Å². The lowest BCUT2D eigenvalue weighted by Gasteiger charge is -2.32. The highest BCUT2D eigenvalue weighted by molar-refractivity contribution is 7.91. The van der Waals surface area contributed by atoms with Gasteiger partial charge in [-0.25, -0.2) is 13.1 Å². The van der Waals surface area contributed by atoms with Gasteiger partial charge in [0.2, 0.25) is 9.47 Å². The number of hydrogen-bond acceptors (Lipinski definition) is 6. The second kappa shape index (κ2) is 7.42. The van der Waals surface area contributed by atoms with E-state index in [1.165, 1.54) is 0 Å². The minimum Gasteiger partial charge on any atom is -0.296 e. The number of anilines is 1. The minimum absolute atomic E-state index is 0.0397. The molecule has 0 aliphatic carbocycles. The van der Waals surface area contributed by atoms with Gasteiger partial charge in [0.1, 0.15) is 0 Å². The maximum atomic E-state index is 12.6. The molecule has 1 amide bonds. The average molecular weight is 397 g/mol. The van der Waals surface area contributed by atoms with Crippen molar-refractivity contribution in [1.82, 2.24) is 14.9 Å². The van der Waals surface area contributed by atoms with Crippen molar-refractivity contribution in [3.8, 4) is 0 Å². The molecule has 0 aliphatic rings. The molecule has 0 saturated heterocycles. The predicted octanol–water partition coefficient (Wildman–Crippen LogP) is 3.28. The molecule has 26 heavy (non-hydrogen) atoms. The maximum Gasteiger partial charge on any atom is 0.270 e. The summed E-state index contributed by atoms with van der Waals surface area (Å²) in [5.41, 5.74) is -0.227. The Morgan fingerprint density at radius 3 is 2.27 bits per heavy atom. The van der Waals surface area contributed by atoms with E-state index in [9.17, 15) is 13.2 Å². The molecule has 0 bridgehead atoms. The van der Waals surface area contributed by atoms with Gasteiger partial charge in [0.05, 0.1) is 0 Å². The number of hydrogen-bond donors (Lipinski definition) is 2. The maximum absolute atomic E-state index is 12.6. The summed E-state index contributed by atoms with van der Waals surface area (Å²) < 4.78 is 27.7. The highest BCUT2D eigenvalue weighted by atomic mass is 32.2. The van der Waals surface area contributed by atoms with Gasteiger partial charge in [0.25, 0.3) is 15.9 Å². The molecule has 1 aromatic heterocycles. The van der Waals surface area contributed by atoms with E-state index in [0.29, 0.717) is 12.0 Å². The summed E-state index contributed by atoms with van der Waals surface area (Å²) in [6, 6.07) is 8.60. The van der Waals surface area contributed by atoms with Crippen molar-refractivity contribution >= 4 is 32.4 Å². The molecule has 0 fully saturated rings. The second-order valence-electron chi connectivity index (χ2n) is 7.92. The van der Waals surface area contributed by atoms with Crippen molar-refractivity contribution in [3.05, 3.63) is 35.9 Å². The van der Waals surface area contributed by atoms with Crippen LogP contribution in [0.15, 0.2) is 34.7 Å². The number of benzene rings is 1. The van der Waals surface area contributed by atoms with E-state index >= 15 is 0 Å². The summed E-state index contributed by atoms with van der Waals surface area (Å²) >= 11 is 0.817. The van der Waals surface area contributed by atoms with Gasteiger partial charge in [-0.15, -0.1) is 10.2 Å². The normalized spacial score (nSPS) is 12.8. The Hall–Kier alpha value is -1.84. The van der Waals surface area contributed by atoms with Crippen molar-refractivity contribution in [2.75, 3.05) is 5.32 Å². The third kappa shape index (κ3) is 5.86. The summed E-state index contributed by atoms with van der Waals surface area (Å²) in [6.07, 6.45) is 0.648. The summed E-state index contributed by atoms with van der Waals surface area (Å²) in [5.74, 6) is -0.369. The Balaban J connectivity index is 2.11. The van der Waals surface area contributed by atoms with Gasteiger partial charge in [0, 0.05) is 11.1 Å². The highest BCUT2D eigenvalue weighted by Gasteiger charge is 2.32. The van der Waals surface area contributed by atoms with E-state index in [4.69, 9.17) is 0 Å². The molecule has 2 N–H and O–H groups in total. The fourth-order valence-corrected chi connectivity index (χ4v) is 5.21. The standard InChI is InChI=1S/C17H24N4O3S2/c1-16(2,3)11-17(4,5)21-26(23,24)15-20-19-14(25-15)18-13(22)12-9-7-6-8-10-12/h6-10,21H,11H2,1-5H3,(H,18,19,22). The lowest BCUT2D eigenvalue weighted by atomic mass is 9.82. The Morgan fingerprint density at radius 1 is 1.08 bits per heavy atom. The Kier molecular flexibility index (Phi) is 5.84. The van der Waals surface area contributed by atoms with Crippen LogP contribution in [0.2, 0.25) is 0 Å². The zero-order chi connectivity index (χ0) is 19.6. The van der Waals surface area contributed by atoms with E-state index in [1.807, 2.05) is 34.6 Å². The Morgan fingerprint density at radius 2 is 1.69 bits per heavy atom. The molecule has 0 saturated carbocycles. The summed E-state index contributed by atoms with van der Waals surface area (Å²) in [4.78, 5) is 12.1. The first kappa shape index (κ1) is 20.5. The number of carbonyl (C=O) groups is 1. The van der Waals surface area contributed by atoms with Gasteiger partial charge in [-0.1, -0.05) is 50.3 Å². The molecule has 142 valence electrons. The highest BCUT2D eigenvalue weighted by Crippen LogP contribution is 2.29. The van der Waals surface area contributed by atoms with Crippen LogP contribution in [-0.4, -0.2) is 30.1 Å². The van der Waals surface area contributed by atoms with Gasteiger partial charge in [-0.2, -0.15) is 0 Å². The molecular weight excluding hydrogens is 372 g/mol. The van der Waals surface area contributed by atoms with Crippen LogP contribution in [0.1, 0.15) is 51.4 Å². The molecule has 0 spiro atoms. The molecular formula is C17H24N4O3S2. The molecule has 7 nitrogen and oxygen atoms in total. The van der Waals surface area contributed by atoms with Gasteiger partial charge < -0.3 is 0 Å². The molecule has 1 heterocycles. The molecule has 2 rings (SSSR count). The molecule has 9 heteroatoms. The summed E-state index contributed by atoms with van der Waals surface area (Å²) in [7, 11) is -3.83. The minimum atomic E-state index is -3.83. The fraction of sp³-hybridized carbons (Fsp3) is 0.471. The molecule has 0 atom stereocenters. The number of aromatic nitrogens is 2. The second-order valence-corrected chi connectivity index (χ2v) is 10.8. The van der Waals surface area contributed by atoms with Crippen LogP contribution >= 0.6 is 11.3 Å². The van der Waals surface area contributed by atoms with E-state index in [1.54, 1.807) is 30.3 Å². The van der Waals surface area contributed by atoms with E-state index in [-0.39, 0.29) is 20.8 Å². The SMILES string of the molecule is CC(C)(C)CC(C)(C)NS(=O)(=O)c1nnc(NC(=O)c2ccccc2)s1. The zero-order valence-electron chi connectivity index (χ0n) is 15.5. The van der Waals surface area contributed by atoms with Crippen LogP contribution in [0.4, 0.5) is 5.13 Å². The molecule has 0 radical (unpaired) electrons. The zero-order valence-corrected chi connectivity index (χ0v) is 17.2. The lowest BCUT2D eigenvalue weighted by Crippen LogP contribution is -2.45.